The lowest BCUT2D eigenvalue weighted by molar-refractivity contribution is 0.352. The van der Waals surface area contributed by atoms with E-state index in [-0.39, 0.29) is 0 Å². The normalized spacial score (nSPS) is 10.7. The van der Waals surface area contributed by atoms with Crippen LogP contribution in [0.25, 0.3) is 22.1 Å². The van der Waals surface area contributed by atoms with Crippen LogP contribution < -0.4 is 19.8 Å². The molecule has 140 valence electrons. The molecular formula is C22H22O5. The van der Waals surface area contributed by atoms with Crippen LogP contribution in [0.15, 0.2) is 57.8 Å². The number of benzene rings is 2. The number of ether oxygens (including phenoxy) is 3. The van der Waals surface area contributed by atoms with Crippen molar-refractivity contribution in [2.75, 3.05) is 20.8 Å². The van der Waals surface area contributed by atoms with E-state index in [2.05, 4.69) is 6.58 Å². The molecule has 3 aromatic rings. The summed E-state index contributed by atoms with van der Waals surface area (Å²) in [5.41, 5.74) is 3.03. The molecule has 0 atom stereocenters. The van der Waals surface area contributed by atoms with Crippen molar-refractivity contribution in [1.82, 2.24) is 0 Å². The predicted molar refractivity (Wildman–Crippen MR) is 106 cm³/mol. The molecule has 0 spiro atoms. The van der Waals surface area contributed by atoms with E-state index in [0.717, 1.165) is 16.5 Å². The Morgan fingerprint density at radius 3 is 2.48 bits per heavy atom. The van der Waals surface area contributed by atoms with Gasteiger partial charge in [0.25, 0.3) is 0 Å². The number of methoxy groups -OCH3 is 2. The van der Waals surface area contributed by atoms with Crippen LogP contribution in [0, 0.1) is 6.92 Å². The maximum absolute atomic E-state index is 12.7. The fourth-order valence-corrected chi connectivity index (χ4v) is 2.96. The van der Waals surface area contributed by atoms with Crippen LogP contribution in [0.2, 0.25) is 0 Å². The molecule has 0 N–H and O–H groups in total. The first-order valence-corrected chi connectivity index (χ1v) is 8.51. The van der Waals surface area contributed by atoms with Crippen LogP contribution in [0.5, 0.6) is 17.2 Å². The lowest BCUT2D eigenvalue weighted by Crippen LogP contribution is -2.06. The summed E-state index contributed by atoms with van der Waals surface area (Å²) in [7, 11) is 3.13. The van der Waals surface area contributed by atoms with E-state index in [1.54, 1.807) is 32.4 Å². The molecule has 27 heavy (non-hydrogen) atoms. The van der Waals surface area contributed by atoms with E-state index >= 15 is 0 Å². The van der Waals surface area contributed by atoms with Gasteiger partial charge in [0.05, 0.1) is 19.8 Å². The van der Waals surface area contributed by atoms with E-state index in [1.807, 2.05) is 32.0 Å². The van der Waals surface area contributed by atoms with E-state index in [0.29, 0.717) is 40.6 Å². The molecular weight excluding hydrogens is 344 g/mol. The molecule has 1 aromatic heterocycles. The smallest absolute Gasteiger partial charge is 0.344 e. The van der Waals surface area contributed by atoms with Crippen molar-refractivity contribution in [2.45, 2.75) is 13.8 Å². The van der Waals surface area contributed by atoms with Crippen LogP contribution in [-0.4, -0.2) is 20.8 Å². The largest absolute Gasteiger partial charge is 0.493 e. The second-order valence-electron chi connectivity index (χ2n) is 6.36. The third kappa shape index (κ3) is 3.67. The maximum Gasteiger partial charge on any atom is 0.344 e. The lowest BCUT2D eigenvalue weighted by atomic mass is 9.99. The highest BCUT2D eigenvalue weighted by molar-refractivity contribution is 5.87. The van der Waals surface area contributed by atoms with E-state index < -0.39 is 5.63 Å². The summed E-state index contributed by atoms with van der Waals surface area (Å²) in [5.74, 6) is 1.78. The van der Waals surface area contributed by atoms with Gasteiger partial charge in [0.2, 0.25) is 0 Å². The summed E-state index contributed by atoms with van der Waals surface area (Å²) < 4.78 is 21.8. The van der Waals surface area contributed by atoms with Gasteiger partial charge in [-0.1, -0.05) is 12.6 Å². The van der Waals surface area contributed by atoms with Crippen LogP contribution in [0.1, 0.15) is 12.5 Å². The van der Waals surface area contributed by atoms with Gasteiger partial charge in [0, 0.05) is 11.5 Å². The van der Waals surface area contributed by atoms with Crippen molar-refractivity contribution in [3.8, 4) is 28.4 Å². The van der Waals surface area contributed by atoms with Crippen molar-refractivity contribution in [2.24, 2.45) is 0 Å². The van der Waals surface area contributed by atoms with Gasteiger partial charge in [-0.15, -0.1) is 0 Å². The minimum Gasteiger partial charge on any atom is -0.493 e. The molecule has 0 unspecified atom stereocenters. The monoisotopic (exact) mass is 366 g/mol. The summed E-state index contributed by atoms with van der Waals surface area (Å²) in [6, 6.07) is 10.8. The molecule has 0 amide bonds. The lowest BCUT2D eigenvalue weighted by Gasteiger charge is -2.12. The molecule has 2 aromatic carbocycles. The molecule has 0 saturated carbocycles. The minimum atomic E-state index is -0.413. The van der Waals surface area contributed by atoms with Gasteiger partial charge in [-0.05, 0) is 54.8 Å². The van der Waals surface area contributed by atoms with Gasteiger partial charge in [0.15, 0.2) is 11.5 Å². The van der Waals surface area contributed by atoms with Crippen LogP contribution >= 0.6 is 0 Å². The van der Waals surface area contributed by atoms with Gasteiger partial charge in [0.1, 0.15) is 17.9 Å². The second-order valence-corrected chi connectivity index (χ2v) is 6.36. The van der Waals surface area contributed by atoms with Crippen molar-refractivity contribution in [1.29, 1.82) is 0 Å². The van der Waals surface area contributed by atoms with Crippen LogP contribution in [-0.2, 0) is 0 Å². The molecule has 0 aliphatic carbocycles. The number of aryl methyl sites for hydroxylation is 1. The molecule has 0 fully saturated rings. The number of hydrogen-bond acceptors (Lipinski definition) is 5. The SMILES string of the molecule is C=C(C)COc1ccc2c(C)c(-c3ccc(OC)c(OC)c3)c(=O)oc2c1. The maximum atomic E-state index is 12.7. The number of fused-ring (bicyclic) bond motifs is 1. The van der Waals surface area contributed by atoms with Gasteiger partial charge >= 0.3 is 5.63 Å². The Bertz CT molecular complexity index is 1060. The number of hydrogen-bond donors (Lipinski definition) is 0. The van der Waals surface area contributed by atoms with Crippen molar-refractivity contribution in [3.63, 3.8) is 0 Å². The molecule has 5 nitrogen and oxygen atoms in total. The highest BCUT2D eigenvalue weighted by atomic mass is 16.5. The Morgan fingerprint density at radius 1 is 1.07 bits per heavy atom. The molecule has 0 saturated heterocycles. The van der Waals surface area contributed by atoms with E-state index in [4.69, 9.17) is 18.6 Å². The summed E-state index contributed by atoms with van der Waals surface area (Å²) in [6.07, 6.45) is 0. The Morgan fingerprint density at radius 2 is 1.81 bits per heavy atom. The highest BCUT2D eigenvalue weighted by Gasteiger charge is 2.16. The summed E-state index contributed by atoms with van der Waals surface area (Å²) in [5, 5.41) is 0.849. The fourth-order valence-electron chi connectivity index (χ4n) is 2.96. The standard InChI is InChI=1S/C22H22O5/c1-13(2)12-26-16-7-8-17-14(3)21(22(23)27-19(17)11-16)15-6-9-18(24-4)20(10-15)25-5/h6-11H,1,12H2,2-5H3. The zero-order valence-electron chi connectivity index (χ0n) is 15.9. The Kier molecular flexibility index (Phi) is 5.21. The third-order valence-corrected chi connectivity index (χ3v) is 4.30. The molecule has 0 radical (unpaired) electrons. The topological polar surface area (TPSA) is 57.9 Å². The van der Waals surface area contributed by atoms with Gasteiger partial charge in [-0.3, -0.25) is 0 Å². The molecule has 0 bridgehead atoms. The predicted octanol–water partition coefficient (Wildman–Crippen LogP) is 4.74. The summed E-state index contributed by atoms with van der Waals surface area (Å²) in [6.45, 7) is 8.02. The number of rotatable bonds is 6. The fraction of sp³-hybridized carbons (Fsp3) is 0.227. The Balaban J connectivity index is 2.11. The average molecular weight is 366 g/mol. The van der Waals surface area contributed by atoms with Crippen molar-refractivity contribution in [3.05, 3.63) is 64.5 Å². The second kappa shape index (κ2) is 7.58. The molecule has 1 heterocycles. The first-order chi connectivity index (χ1) is 12.9. The first-order valence-electron chi connectivity index (χ1n) is 8.51. The highest BCUT2D eigenvalue weighted by Crippen LogP contribution is 2.34. The molecule has 5 heteroatoms. The molecule has 3 rings (SSSR count). The molecule has 0 aliphatic rings. The zero-order chi connectivity index (χ0) is 19.6. The first kappa shape index (κ1) is 18.6. The van der Waals surface area contributed by atoms with E-state index in [9.17, 15) is 4.79 Å². The zero-order valence-corrected chi connectivity index (χ0v) is 15.9. The summed E-state index contributed by atoms with van der Waals surface area (Å²) in [4.78, 5) is 12.7. The van der Waals surface area contributed by atoms with Crippen molar-refractivity contribution >= 4 is 11.0 Å². The van der Waals surface area contributed by atoms with Gasteiger partial charge in [-0.25, -0.2) is 4.79 Å². The van der Waals surface area contributed by atoms with Crippen molar-refractivity contribution < 1.29 is 18.6 Å². The van der Waals surface area contributed by atoms with E-state index in [1.165, 1.54) is 0 Å². The molecule has 0 aliphatic heterocycles. The van der Waals surface area contributed by atoms with Gasteiger partial charge in [-0.2, -0.15) is 0 Å². The van der Waals surface area contributed by atoms with Crippen LogP contribution in [0.4, 0.5) is 0 Å². The Labute approximate surface area is 157 Å². The quantitative estimate of drug-likeness (QED) is 0.466. The summed E-state index contributed by atoms with van der Waals surface area (Å²) >= 11 is 0. The van der Waals surface area contributed by atoms with Crippen LogP contribution in [0.3, 0.4) is 0 Å². The van der Waals surface area contributed by atoms with Gasteiger partial charge < -0.3 is 18.6 Å². The minimum absolute atomic E-state index is 0.413. The third-order valence-electron chi connectivity index (χ3n) is 4.30. The Hall–Kier alpha value is -3.21. The average Bonchev–Trinajstić information content (AvgIpc) is 2.65.